The molecule has 29 heavy (non-hydrogen) atoms. The average Bonchev–Trinajstić information content (AvgIpc) is 2.67. The molecule has 0 atom stereocenters. The highest BCUT2D eigenvalue weighted by molar-refractivity contribution is 5.83. The molecule has 0 aliphatic heterocycles. The van der Waals surface area contributed by atoms with Gasteiger partial charge in [0.25, 0.3) is 0 Å². The van der Waals surface area contributed by atoms with E-state index in [-0.39, 0.29) is 17.2 Å². The van der Waals surface area contributed by atoms with E-state index in [0.29, 0.717) is 23.5 Å². The van der Waals surface area contributed by atoms with Gasteiger partial charge in [0.1, 0.15) is 18.1 Å². The van der Waals surface area contributed by atoms with Gasteiger partial charge < -0.3 is 20.1 Å². The van der Waals surface area contributed by atoms with Crippen LogP contribution < -0.4 is 4.74 Å². The van der Waals surface area contributed by atoms with Crippen molar-refractivity contribution in [3.05, 3.63) is 71.3 Å². The molecule has 150 valence electrons. The fraction of sp³-hybridized carbons (Fsp3) is 0.200. The zero-order chi connectivity index (χ0) is 21.1. The second-order valence-corrected chi connectivity index (χ2v) is 7.41. The molecular weight excluding hydrogens is 364 g/mol. The van der Waals surface area contributed by atoms with Crippen LogP contribution in [0, 0.1) is 13.8 Å². The highest BCUT2D eigenvalue weighted by Gasteiger charge is 2.17. The minimum atomic E-state index is 0.0312. The van der Waals surface area contributed by atoms with Crippen molar-refractivity contribution < 1.29 is 20.1 Å². The summed E-state index contributed by atoms with van der Waals surface area (Å²) in [4.78, 5) is 0. The van der Waals surface area contributed by atoms with E-state index in [1.54, 1.807) is 24.3 Å². The number of hydrogen-bond acceptors (Lipinski definition) is 4. The van der Waals surface area contributed by atoms with Crippen LogP contribution in [0.25, 0.3) is 22.3 Å². The quantitative estimate of drug-likeness (QED) is 0.460. The molecule has 0 unspecified atom stereocenters. The van der Waals surface area contributed by atoms with Gasteiger partial charge in [-0.2, -0.15) is 0 Å². The summed E-state index contributed by atoms with van der Waals surface area (Å²) in [6.45, 7) is 8.15. The van der Waals surface area contributed by atoms with Crippen LogP contribution in [0.4, 0.5) is 0 Å². The predicted molar refractivity (Wildman–Crippen MR) is 117 cm³/mol. The van der Waals surface area contributed by atoms with Crippen molar-refractivity contribution >= 4 is 0 Å². The van der Waals surface area contributed by atoms with E-state index < -0.39 is 0 Å². The van der Waals surface area contributed by atoms with Crippen molar-refractivity contribution in [3.63, 3.8) is 0 Å². The highest BCUT2D eigenvalue weighted by Crippen LogP contribution is 2.42. The van der Waals surface area contributed by atoms with Gasteiger partial charge >= 0.3 is 0 Å². The summed E-state index contributed by atoms with van der Waals surface area (Å²) in [5.74, 6) is 0.807. The minimum absolute atomic E-state index is 0.0312. The maximum Gasteiger partial charge on any atom is 0.161 e. The number of benzene rings is 3. The van der Waals surface area contributed by atoms with E-state index in [1.807, 2.05) is 58.0 Å². The van der Waals surface area contributed by atoms with Gasteiger partial charge in [0.05, 0.1) is 0 Å². The Hall–Kier alpha value is -3.40. The summed E-state index contributed by atoms with van der Waals surface area (Å²) < 4.78 is 5.60. The molecule has 3 aromatic carbocycles. The summed E-state index contributed by atoms with van der Waals surface area (Å²) in [5.41, 5.74) is 5.97. The summed E-state index contributed by atoms with van der Waals surface area (Å²) in [7, 11) is 0. The van der Waals surface area contributed by atoms with E-state index in [9.17, 15) is 15.3 Å². The number of phenols is 3. The van der Waals surface area contributed by atoms with E-state index in [1.165, 1.54) is 0 Å². The van der Waals surface area contributed by atoms with Gasteiger partial charge in [0.15, 0.2) is 11.5 Å². The van der Waals surface area contributed by atoms with Gasteiger partial charge in [-0.3, -0.25) is 0 Å². The molecule has 3 rings (SSSR count). The van der Waals surface area contributed by atoms with Crippen LogP contribution in [0.1, 0.15) is 25.0 Å². The Morgan fingerprint density at radius 1 is 0.897 bits per heavy atom. The second kappa shape index (κ2) is 8.31. The predicted octanol–water partition coefficient (Wildman–Crippen LogP) is 6.10. The zero-order valence-corrected chi connectivity index (χ0v) is 17.2. The lowest BCUT2D eigenvalue weighted by Gasteiger charge is -2.17. The molecule has 0 bridgehead atoms. The molecule has 0 amide bonds. The number of hydrogen-bond donors (Lipinski definition) is 3. The van der Waals surface area contributed by atoms with Crippen LogP contribution >= 0.6 is 0 Å². The van der Waals surface area contributed by atoms with Crippen molar-refractivity contribution in [1.29, 1.82) is 0 Å². The first-order valence-electron chi connectivity index (χ1n) is 9.50. The van der Waals surface area contributed by atoms with E-state index >= 15 is 0 Å². The number of aromatic hydroxyl groups is 3. The maximum atomic E-state index is 10.9. The Labute approximate surface area is 171 Å². The summed E-state index contributed by atoms with van der Waals surface area (Å²) in [5, 5.41) is 30.8. The van der Waals surface area contributed by atoms with E-state index in [4.69, 9.17) is 4.74 Å². The first-order chi connectivity index (χ1) is 13.8. The van der Waals surface area contributed by atoms with Crippen LogP contribution in [0.15, 0.2) is 60.2 Å². The fourth-order valence-electron chi connectivity index (χ4n) is 3.30. The maximum absolute atomic E-state index is 10.9. The minimum Gasteiger partial charge on any atom is -0.508 e. The number of allylic oxidation sites excluding steroid dienone is 1. The van der Waals surface area contributed by atoms with Crippen LogP contribution in [-0.2, 0) is 0 Å². The molecule has 0 aromatic heterocycles. The van der Waals surface area contributed by atoms with Crippen LogP contribution in [-0.4, -0.2) is 21.9 Å². The van der Waals surface area contributed by atoms with Crippen molar-refractivity contribution in [2.24, 2.45) is 0 Å². The first kappa shape index (κ1) is 20.3. The monoisotopic (exact) mass is 390 g/mol. The van der Waals surface area contributed by atoms with Gasteiger partial charge in [-0.15, -0.1) is 0 Å². The van der Waals surface area contributed by atoms with Gasteiger partial charge in [-0.05, 0) is 85.9 Å². The molecule has 0 fully saturated rings. The third kappa shape index (κ3) is 4.37. The number of ether oxygens (including phenoxy) is 1. The van der Waals surface area contributed by atoms with E-state index in [2.05, 4.69) is 0 Å². The standard InChI is InChI=1S/C25H26O4/c1-15(2)11-12-29-23-10-7-19(14-22(23)27)24-16(3)13-21(17(4)25(24)28)18-5-8-20(26)9-6-18/h5-11,13-14,26-28H,12H2,1-4H3. The topological polar surface area (TPSA) is 69.9 Å². The van der Waals surface area contributed by atoms with Crippen molar-refractivity contribution in [2.45, 2.75) is 27.7 Å². The molecule has 0 saturated carbocycles. The fourth-order valence-corrected chi connectivity index (χ4v) is 3.30. The van der Waals surface area contributed by atoms with Gasteiger partial charge in [-0.1, -0.05) is 29.8 Å². The smallest absolute Gasteiger partial charge is 0.161 e. The van der Waals surface area contributed by atoms with Gasteiger partial charge in [0.2, 0.25) is 0 Å². The Kier molecular flexibility index (Phi) is 5.83. The Morgan fingerprint density at radius 3 is 2.17 bits per heavy atom. The molecule has 0 aliphatic rings. The molecule has 0 spiro atoms. The SMILES string of the molecule is CC(C)=CCOc1ccc(-c2c(C)cc(-c3ccc(O)cc3)c(C)c2O)cc1O. The average molecular weight is 390 g/mol. The lowest BCUT2D eigenvalue weighted by molar-refractivity contribution is 0.335. The van der Waals surface area contributed by atoms with Crippen LogP contribution in [0.2, 0.25) is 0 Å². The molecule has 4 nitrogen and oxygen atoms in total. The number of aryl methyl sites for hydroxylation is 1. The van der Waals surface area contributed by atoms with Gasteiger partial charge in [-0.25, -0.2) is 0 Å². The lowest BCUT2D eigenvalue weighted by atomic mass is 9.90. The summed E-state index contributed by atoms with van der Waals surface area (Å²) >= 11 is 0. The molecule has 3 aromatic rings. The lowest BCUT2D eigenvalue weighted by Crippen LogP contribution is -1.95. The van der Waals surface area contributed by atoms with E-state index in [0.717, 1.165) is 27.8 Å². The zero-order valence-electron chi connectivity index (χ0n) is 17.2. The van der Waals surface area contributed by atoms with Crippen molar-refractivity contribution in [1.82, 2.24) is 0 Å². The number of phenolic OH excluding ortho intramolecular Hbond substituents is 3. The molecule has 0 aliphatic carbocycles. The Balaban J connectivity index is 1.99. The molecule has 4 heteroatoms. The Bertz CT molecular complexity index is 1060. The molecular formula is C25H26O4. The first-order valence-corrected chi connectivity index (χ1v) is 9.50. The molecule has 0 saturated heterocycles. The van der Waals surface area contributed by atoms with Crippen LogP contribution in [0.5, 0.6) is 23.0 Å². The summed E-state index contributed by atoms with van der Waals surface area (Å²) in [6.07, 6.45) is 1.94. The second-order valence-electron chi connectivity index (χ2n) is 7.41. The van der Waals surface area contributed by atoms with Gasteiger partial charge in [0, 0.05) is 5.56 Å². The molecule has 0 radical (unpaired) electrons. The molecule has 0 heterocycles. The highest BCUT2D eigenvalue weighted by atomic mass is 16.5. The summed E-state index contributed by atoms with van der Waals surface area (Å²) in [6, 6.07) is 14.1. The third-order valence-corrected chi connectivity index (χ3v) is 4.91. The molecule has 3 N–H and O–H groups in total. The van der Waals surface area contributed by atoms with Crippen LogP contribution in [0.3, 0.4) is 0 Å². The van der Waals surface area contributed by atoms with Crippen molar-refractivity contribution in [3.8, 4) is 45.3 Å². The number of rotatable bonds is 5. The Morgan fingerprint density at radius 2 is 1.55 bits per heavy atom. The third-order valence-electron chi connectivity index (χ3n) is 4.91. The van der Waals surface area contributed by atoms with Crippen molar-refractivity contribution in [2.75, 3.05) is 6.61 Å². The largest absolute Gasteiger partial charge is 0.508 e. The normalized spacial score (nSPS) is 10.6.